The number of aliphatic hydroxyl groups excluding tert-OH is 1. The first-order valence-corrected chi connectivity index (χ1v) is 6.83. The van der Waals surface area contributed by atoms with E-state index < -0.39 is 0 Å². The molecule has 0 bridgehead atoms. The van der Waals surface area contributed by atoms with Gasteiger partial charge >= 0.3 is 0 Å². The zero-order valence-electron chi connectivity index (χ0n) is 10.2. The largest absolute Gasteiger partial charge is 0.384 e. The first-order chi connectivity index (χ1) is 9.19. The van der Waals surface area contributed by atoms with Crippen LogP contribution < -0.4 is 10.6 Å². The van der Waals surface area contributed by atoms with Crippen molar-refractivity contribution in [2.24, 2.45) is 0 Å². The number of nitrogens with one attached hydrogen (secondary N) is 2. The van der Waals surface area contributed by atoms with E-state index in [9.17, 15) is 9.59 Å². The van der Waals surface area contributed by atoms with Gasteiger partial charge in [0.25, 0.3) is 5.91 Å². The predicted octanol–water partition coefficient (Wildman–Crippen LogP) is 0.100. The summed E-state index contributed by atoms with van der Waals surface area (Å²) in [6.07, 6.45) is 2.05. The van der Waals surface area contributed by atoms with Crippen LogP contribution in [0.25, 0.3) is 0 Å². The molecule has 0 saturated heterocycles. The van der Waals surface area contributed by atoms with E-state index in [-0.39, 0.29) is 25.0 Å². The van der Waals surface area contributed by atoms with E-state index in [4.69, 9.17) is 5.11 Å². The first-order valence-electron chi connectivity index (χ1n) is 5.95. The normalized spacial score (nSPS) is 13.3. The summed E-state index contributed by atoms with van der Waals surface area (Å²) in [7, 11) is 0. The van der Waals surface area contributed by atoms with Crippen LogP contribution in [0.15, 0.2) is 11.4 Å². The average Bonchev–Trinajstić information content (AvgIpc) is 3.08. The maximum absolute atomic E-state index is 11.8. The van der Waals surface area contributed by atoms with Gasteiger partial charge in [-0.15, -0.1) is 11.3 Å². The van der Waals surface area contributed by atoms with Crippen LogP contribution in [0.2, 0.25) is 0 Å². The summed E-state index contributed by atoms with van der Waals surface area (Å²) >= 11 is 1.33. The fourth-order valence-corrected chi connectivity index (χ4v) is 2.17. The van der Waals surface area contributed by atoms with Gasteiger partial charge in [-0.3, -0.25) is 9.59 Å². The molecule has 1 aliphatic rings. The van der Waals surface area contributed by atoms with Crippen molar-refractivity contribution >= 4 is 23.2 Å². The highest BCUT2D eigenvalue weighted by Gasteiger charge is 2.23. The predicted molar refractivity (Wildman–Crippen MR) is 71.8 cm³/mol. The Morgan fingerprint density at radius 2 is 2.26 bits per heavy atom. The minimum Gasteiger partial charge on any atom is -0.384 e. The Bertz CT molecular complexity index is 538. The van der Waals surface area contributed by atoms with E-state index in [0.29, 0.717) is 16.5 Å². The molecule has 1 aliphatic carbocycles. The number of aliphatic hydroxyl groups is 1. The highest BCUT2D eigenvalue weighted by molar-refractivity contribution is 7.10. The SMILES string of the molecule is O=C(CNC(=O)c1csc(C#CCO)c1)NC1CC1. The van der Waals surface area contributed by atoms with E-state index in [1.54, 1.807) is 11.4 Å². The molecule has 5 nitrogen and oxygen atoms in total. The summed E-state index contributed by atoms with van der Waals surface area (Å²) in [5.74, 6) is 4.79. The fraction of sp³-hybridized carbons (Fsp3) is 0.385. The lowest BCUT2D eigenvalue weighted by Crippen LogP contribution is -2.37. The van der Waals surface area contributed by atoms with Crippen molar-refractivity contribution in [1.29, 1.82) is 0 Å². The van der Waals surface area contributed by atoms with Crippen molar-refractivity contribution in [3.63, 3.8) is 0 Å². The molecule has 1 saturated carbocycles. The van der Waals surface area contributed by atoms with Gasteiger partial charge in [-0.25, -0.2) is 0 Å². The van der Waals surface area contributed by atoms with Crippen LogP contribution in [0, 0.1) is 11.8 Å². The zero-order chi connectivity index (χ0) is 13.7. The zero-order valence-corrected chi connectivity index (χ0v) is 11.0. The van der Waals surface area contributed by atoms with Gasteiger partial charge in [0.2, 0.25) is 5.91 Å². The molecule has 0 atom stereocenters. The number of amides is 2. The fourth-order valence-electron chi connectivity index (χ4n) is 1.42. The van der Waals surface area contributed by atoms with Crippen molar-refractivity contribution < 1.29 is 14.7 Å². The summed E-state index contributed by atoms with van der Waals surface area (Å²) in [6.45, 7) is -0.219. The second kappa shape index (κ2) is 6.36. The number of rotatable bonds is 4. The van der Waals surface area contributed by atoms with Crippen LogP contribution in [0.4, 0.5) is 0 Å². The lowest BCUT2D eigenvalue weighted by atomic mass is 10.3. The Labute approximate surface area is 115 Å². The summed E-state index contributed by atoms with van der Waals surface area (Å²) in [5.41, 5.74) is 0.478. The summed E-state index contributed by atoms with van der Waals surface area (Å²) in [6, 6.07) is 1.94. The molecule has 100 valence electrons. The van der Waals surface area contributed by atoms with E-state index in [1.807, 2.05) is 0 Å². The second-order valence-electron chi connectivity index (χ2n) is 4.18. The summed E-state index contributed by atoms with van der Waals surface area (Å²) < 4.78 is 0. The Kier molecular flexibility index (Phi) is 4.55. The van der Waals surface area contributed by atoms with Crippen LogP contribution in [0.3, 0.4) is 0 Å². The van der Waals surface area contributed by atoms with Crippen LogP contribution >= 0.6 is 11.3 Å². The second-order valence-corrected chi connectivity index (χ2v) is 5.10. The molecule has 2 rings (SSSR count). The minimum absolute atomic E-state index is 0.0111. The molecule has 6 heteroatoms. The molecular formula is C13H14N2O3S. The summed E-state index contributed by atoms with van der Waals surface area (Å²) in [4.78, 5) is 23.9. The van der Waals surface area contributed by atoms with Crippen molar-refractivity contribution in [3.05, 3.63) is 21.9 Å². The molecule has 2 amide bonds. The molecule has 3 N–H and O–H groups in total. The van der Waals surface area contributed by atoms with E-state index in [0.717, 1.165) is 12.8 Å². The topological polar surface area (TPSA) is 78.4 Å². The van der Waals surface area contributed by atoms with E-state index in [2.05, 4.69) is 22.5 Å². The molecular weight excluding hydrogens is 264 g/mol. The van der Waals surface area contributed by atoms with Gasteiger partial charge in [0.05, 0.1) is 17.0 Å². The number of carbonyl (C=O) groups is 2. The number of carbonyl (C=O) groups excluding carboxylic acids is 2. The molecule has 19 heavy (non-hydrogen) atoms. The molecule has 1 fully saturated rings. The number of thiophene rings is 1. The molecule has 0 aromatic carbocycles. The Morgan fingerprint density at radius 3 is 2.95 bits per heavy atom. The Balaban J connectivity index is 1.81. The van der Waals surface area contributed by atoms with Crippen molar-refractivity contribution in [2.75, 3.05) is 13.2 Å². The quantitative estimate of drug-likeness (QED) is 0.684. The Hall–Kier alpha value is -1.84. The van der Waals surface area contributed by atoms with Crippen LogP contribution in [-0.4, -0.2) is 36.1 Å². The van der Waals surface area contributed by atoms with Crippen LogP contribution in [0.1, 0.15) is 28.1 Å². The smallest absolute Gasteiger partial charge is 0.252 e. The van der Waals surface area contributed by atoms with Gasteiger partial charge in [-0.2, -0.15) is 0 Å². The molecule has 1 aromatic rings. The van der Waals surface area contributed by atoms with Gasteiger partial charge in [0.1, 0.15) is 6.61 Å². The maximum Gasteiger partial charge on any atom is 0.252 e. The van der Waals surface area contributed by atoms with Gasteiger partial charge in [-0.1, -0.05) is 11.8 Å². The molecule has 0 aliphatic heterocycles. The summed E-state index contributed by atoms with van der Waals surface area (Å²) in [5, 5.41) is 15.6. The standard InChI is InChI=1S/C13H14N2O3S/c16-5-1-2-11-6-9(8-19-11)13(18)14-7-12(17)15-10-3-4-10/h6,8,10,16H,3-5,7H2,(H,14,18)(H,15,17). The lowest BCUT2D eigenvalue weighted by molar-refractivity contribution is -0.120. The average molecular weight is 278 g/mol. The number of hydrogen-bond acceptors (Lipinski definition) is 4. The van der Waals surface area contributed by atoms with Crippen molar-refractivity contribution in [1.82, 2.24) is 10.6 Å². The third-order valence-electron chi connectivity index (χ3n) is 2.50. The van der Waals surface area contributed by atoms with Gasteiger partial charge in [0, 0.05) is 11.4 Å². The van der Waals surface area contributed by atoms with E-state index >= 15 is 0 Å². The molecule has 0 spiro atoms. The third kappa shape index (κ3) is 4.39. The molecule has 1 heterocycles. The highest BCUT2D eigenvalue weighted by atomic mass is 32.1. The number of hydrogen-bond donors (Lipinski definition) is 3. The molecule has 0 radical (unpaired) electrons. The highest BCUT2D eigenvalue weighted by Crippen LogP contribution is 2.18. The van der Waals surface area contributed by atoms with Crippen LogP contribution in [0.5, 0.6) is 0 Å². The van der Waals surface area contributed by atoms with Crippen LogP contribution in [-0.2, 0) is 4.79 Å². The molecule has 1 aromatic heterocycles. The van der Waals surface area contributed by atoms with Gasteiger partial charge in [0.15, 0.2) is 0 Å². The Morgan fingerprint density at radius 1 is 1.47 bits per heavy atom. The monoisotopic (exact) mass is 278 g/mol. The maximum atomic E-state index is 11.8. The van der Waals surface area contributed by atoms with Crippen molar-refractivity contribution in [3.8, 4) is 11.8 Å². The molecule has 0 unspecified atom stereocenters. The van der Waals surface area contributed by atoms with Gasteiger partial charge in [-0.05, 0) is 18.9 Å². The minimum atomic E-state index is -0.292. The van der Waals surface area contributed by atoms with Gasteiger partial charge < -0.3 is 15.7 Å². The first kappa shape index (κ1) is 13.6. The van der Waals surface area contributed by atoms with Crippen molar-refractivity contribution in [2.45, 2.75) is 18.9 Å². The lowest BCUT2D eigenvalue weighted by Gasteiger charge is -2.04. The van der Waals surface area contributed by atoms with E-state index in [1.165, 1.54) is 11.3 Å². The third-order valence-corrected chi connectivity index (χ3v) is 3.35.